The Morgan fingerprint density at radius 1 is 1.37 bits per heavy atom. The lowest BCUT2D eigenvalue weighted by atomic mass is 10.1. The molecule has 0 aliphatic carbocycles. The molecule has 0 unspecified atom stereocenters. The number of esters is 1. The minimum absolute atomic E-state index is 0.0102. The first-order valence-electron chi connectivity index (χ1n) is 5.26. The molecule has 0 fully saturated rings. The SMILES string of the molecule is CCOC(=O)c1cnc2cc(Cl)c(F)c(Cl)c2c1Cl. The second-order valence-electron chi connectivity index (χ2n) is 3.59. The van der Waals surface area contributed by atoms with Gasteiger partial charge in [0.15, 0.2) is 5.82 Å². The molecule has 0 aliphatic heterocycles. The Labute approximate surface area is 123 Å². The van der Waals surface area contributed by atoms with Crippen molar-refractivity contribution in [2.24, 2.45) is 0 Å². The van der Waals surface area contributed by atoms with Crippen molar-refractivity contribution in [2.45, 2.75) is 6.92 Å². The zero-order chi connectivity index (χ0) is 14.2. The van der Waals surface area contributed by atoms with Gasteiger partial charge in [-0.3, -0.25) is 4.98 Å². The van der Waals surface area contributed by atoms with Gasteiger partial charge in [-0.15, -0.1) is 0 Å². The van der Waals surface area contributed by atoms with Crippen LogP contribution in [0.5, 0.6) is 0 Å². The molecule has 1 aromatic heterocycles. The number of benzene rings is 1. The first-order chi connectivity index (χ1) is 8.97. The van der Waals surface area contributed by atoms with E-state index in [9.17, 15) is 9.18 Å². The fourth-order valence-electron chi connectivity index (χ4n) is 1.57. The Hall–Kier alpha value is -1.10. The van der Waals surface area contributed by atoms with E-state index in [-0.39, 0.29) is 32.6 Å². The highest BCUT2D eigenvalue weighted by Crippen LogP contribution is 2.36. The van der Waals surface area contributed by atoms with Crippen LogP contribution in [-0.4, -0.2) is 17.6 Å². The summed E-state index contributed by atoms with van der Waals surface area (Å²) in [6, 6.07) is 1.29. The average molecular weight is 323 g/mol. The van der Waals surface area contributed by atoms with E-state index in [4.69, 9.17) is 39.5 Å². The van der Waals surface area contributed by atoms with Gasteiger partial charge in [0.1, 0.15) is 0 Å². The topological polar surface area (TPSA) is 39.2 Å². The molecule has 0 saturated heterocycles. The van der Waals surface area contributed by atoms with Crippen LogP contribution in [0.25, 0.3) is 10.9 Å². The van der Waals surface area contributed by atoms with Crippen molar-refractivity contribution in [2.75, 3.05) is 6.61 Å². The summed E-state index contributed by atoms with van der Waals surface area (Å²) in [7, 11) is 0. The van der Waals surface area contributed by atoms with E-state index in [1.54, 1.807) is 6.92 Å². The molecule has 2 aromatic rings. The van der Waals surface area contributed by atoms with Crippen molar-refractivity contribution >= 4 is 51.7 Å². The van der Waals surface area contributed by atoms with E-state index < -0.39 is 11.8 Å². The molecular weight excluding hydrogens is 315 g/mol. The van der Waals surface area contributed by atoms with Crippen molar-refractivity contribution in [3.05, 3.63) is 38.7 Å². The van der Waals surface area contributed by atoms with E-state index in [1.165, 1.54) is 12.3 Å². The Bertz CT molecular complexity index is 676. The summed E-state index contributed by atoms with van der Waals surface area (Å²) >= 11 is 17.6. The van der Waals surface area contributed by atoms with Gasteiger partial charge >= 0.3 is 5.97 Å². The maximum atomic E-state index is 13.7. The molecule has 0 N–H and O–H groups in total. The number of carbonyl (C=O) groups is 1. The highest BCUT2D eigenvalue weighted by Gasteiger charge is 2.20. The molecule has 19 heavy (non-hydrogen) atoms. The molecule has 0 atom stereocenters. The largest absolute Gasteiger partial charge is 0.462 e. The molecule has 100 valence electrons. The smallest absolute Gasteiger partial charge is 0.341 e. The van der Waals surface area contributed by atoms with Crippen LogP contribution in [0.2, 0.25) is 15.1 Å². The Morgan fingerprint density at radius 3 is 2.68 bits per heavy atom. The number of nitrogens with zero attached hydrogens (tertiary/aromatic N) is 1. The number of fused-ring (bicyclic) bond motifs is 1. The van der Waals surface area contributed by atoms with Crippen molar-refractivity contribution in [1.29, 1.82) is 0 Å². The molecule has 0 aliphatic rings. The fourth-order valence-corrected chi connectivity index (χ4v) is 2.47. The predicted molar refractivity (Wildman–Crippen MR) is 72.7 cm³/mol. The van der Waals surface area contributed by atoms with Gasteiger partial charge in [-0.2, -0.15) is 0 Å². The van der Waals surface area contributed by atoms with Crippen LogP contribution in [0.1, 0.15) is 17.3 Å². The molecule has 0 saturated carbocycles. The second kappa shape index (κ2) is 5.49. The lowest BCUT2D eigenvalue weighted by Crippen LogP contribution is -2.06. The number of hydrogen-bond acceptors (Lipinski definition) is 3. The summed E-state index contributed by atoms with van der Waals surface area (Å²) in [6.45, 7) is 1.85. The lowest BCUT2D eigenvalue weighted by Gasteiger charge is -2.09. The molecule has 7 heteroatoms. The maximum Gasteiger partial charge on any atom is 0.341 e. The lowest BCUT2D eigenvalue weighted by molar-refractivity contribution is 0.0526. The van der Waals surface area contributed by atoms with E-state index in [2.05, 4.69) is 4.98 Å². The average Bonchev–Trinajstić information content (AvgIpc) is 2.36. The molecule has 1 aromatic carbocycles. The quantitative estimate of drug-likeness (QED) is 0.603. The second-order valence-corrected chi connectivity index (χ2v) is 4.75. The molecular formula is C12H7Cl3FNO2. The number of pyridine rings is 1. The van der Waals surface area contributed by atoms with Crippen molar-refractivity contribution < 1.29 is 13.9 Å². The molecule has 0 amide bonds. The first kappa shape index (κ1) is 14.3. The van der Waals surface area contributed by atoms with E-state index in [0.717, 1.165) is 0 Å². The summed E-state index contributed by atoms with van der Waals surface area (Å²) < 4.78 is 18.5. The molecule has 0 radical (unpaired) electrons. The highest BCUT2D eigenvalue weighted by molar-refractivity contribution is 6.45. The van der Waals surface area contributed by atoms with Crippen LogP contribution in [0.15, 0.2) is 12.3 Å². The minimum atomic E-state index is -0.805. The van der Waals surface area contributed by atoms with Gasteiger partial charge in [0, 0.05) is 11.6 Å². The highest BCUT2D eigenvalue weighted by atomic mass is 35.5. The Balaban J connectivity index is 2.74. The normalized spacial score (nSPS) is 10.8. The zero-order valence-electron chi connectivity index (χ0n) is 9.64. The van der Waals surface area contributed by atoms with E-state index >= 15 is 0 Å². The van der Waals surface area contributed by atoms with Gasteiger partial charge in [0.2, 0.25) is 0 Å². The first-order valence-corrected chi connectivity index (χ1v) is 6.39. The van der Waals surface area contributed by atoms with E-state index in [0.29, 0.717) is 5.52 Å². The number of ether oxygens (including phenoxy) is 1. The fraction of sp³-hybridized carbons (Fsp3) is 0.167. The van der Waals surface area contributed by atoms with Gasteiger partial charge in [-0.1, -0.05) is 34.8 Å². The number of hydrogen-bond donors (Lipinski definition) is 0. The molecule has 2 rings (SSSR count). The third-order valence-corrected chi connectivity index (χ3v) is 3.45. The van der Waals surface area contributed by atoms with Gasteiger partial charge in [-0.25, -0.2) is 9.18 Å². The Kier molecular flexibility index (Phi) is 4.13. The van der Waals surface area contributed by atoms with Crippen LogP contribution in [0.3, 0.4) is 0 Å². The van der Waals surface area contributed by atoms with Crippen LogP contribution >= 0.6 is 34.8 Å². The zero-order valence-corrected chi connectivity index (χ0v) is 11.9. The van der Waals surface area contributed by atoms with Crippen LogP contribution in [0.4, 0.5) is 4.39 Å². The van der Waals surface area contributed by atoms with Crippen LogP contribution in [0, 0.1) is 5.82 Å². The number of halogens is 4. The summed E-state index contributed by atoms with van der Waals surface area (Å²) in [5.41, 5.74) is 0.328. The summed E-state index contributed by atoms with van der Waals surface area (Å²) in [5, 5.41) is -0.309. The maximum absolute atomic E-state index is 13.7. The number of rotatable bonds is 2. The molecule has 1 heterocycles. The Morgan fingerprint density at radius 2 is 2.05 bits per heavy atom. The summed E-state index contributed by atoms with van der Waals surface area (Å²) in [6.07, 6.45) is 1.24. The predicted octanol–water partition coefficient (Wildman–Crippen LogP) is 4.51. The summed E-state index contributed by atoms with van der Waals surface area (Å²) in [4.78, 5) is 15.7. The van der Waals surface area contributed by atoms with Crippen molar-refractivity contribution in [3.8, 4) is 0 Å². The number of carbonyl (C=O) groups excluding carboxylic acids is 1. The standard InChI is InChI=1S/C12H7Cl3FNO2/c1-2-19-12(18)5-4-17-7-3-6(13)11(16)10(15)8(7)9(5)14/h3-4H,2H2,1H3. The van der Waals surface area contributed by atoms with Crippen molar-refractivity contribution in [1.82, 2.24) is 4.98 Å². The minimum Gasteiger partial charge on any atom is -0.462 e. The molecule has 0 bridgehead atoms. The van der Waals surface area contributed by atoms with E-state index in [1.807, 2.05) is 0 Å². The van der Waals surface area contributed by atoms with Gasteiger partial charge in [-0.05, 0) is 13.0 Å². The van der Waals surface area contributed by atoms with Crippen molar-refractivity contribution in [3.63, 3.8) is 0 Å². The monoisotopic (exact) mass is 321 g/mol. The van der Waals surface area contributed by atoms with Crippen LogP contribution < -0.4 is 0 Å². The summed E-state index contributed by atoms with van der Waals surface area (Å²) in [5.74, 6) is -1.45. The molecule has 3 nitrogen and oxygen atoms in total. The van der Waals surface area contributed by atoms with Gasteiger partial charge in [0.05, 0.1) is 32.8 Å². The van der Waals surface area contributed by atoms with Gasteiger partial charge in [0.25, 0.3) is 0 Å². The molecule has 0 spiro atoms. The van der Waals surface area contributed by atoms with Gasteiger partial charge < -0.3 is 4.74 Å². The number of aromatic nitrogens is 1. The third-order valence-electron chi connectivity index (χ3n) is 2.43. The third kappa shape index (κ3) is 2.48. The van der Waals surface area contributed by atoms with Crippen LogP contribution in [-0.2, 0) is 4.74 Å².